The van der Waals surface area contributed by atoms with Gasteiger partial charge in [-0.15, -0.1) is 0 Å². The Labute approximate surface area is 160 Å². The van der Waals surface area contributed by atoms with Gasteiger partial charge in [-0.1, -0.05) is 42.5 Å². The summed E-state index contributed by atoms with van der Waals surface area (Å²) in [5, 5.41) is 11.6. The first kappa shape index (κ1) is 18.0. The topological polar surface area (TPSA) is 75.5 Å². The van der Waals surface area contributed by atoms with Gasteiger partial charge in [0.05, 0.1) is 6.61 Å². The number of hydrogen-bond donors (Lipinski definition) is 3. The highest BCUT2D eigenvalue weighted by Crippen LogP contribution is 2.26. The third-order valence-corrected chi connectivity index (χ3v) is 5.49. The van der Waals surface area contributed by atoms with E-state index in [2.05, 4.69) is 47.4 Å². The first-order valence-corrected chi connectivity index (χ1v) is 9.59. The number of anilines is 1. The highest BCUT2D eigenvalue weighted by Gasteiger charge is 2.18. The molecule has 0 fully saturated rings. The van der Waals surface area contributed by atoms with Gasteiger partial charge in [0.25, 0.3) is 0 Å². The van der Waals surface area contributed by atoms with E-state index in [1.54, 1.807) is 0 Å². The third kappa shape index (κ3) is 3.98. The summed E-state index contributed by atoms with van der Waals surface area (Å²) in [7, 11) is 0. The Morgan fingerprint density at radius 2 is 1.74 bits per heavy atom. The number of benzene rings is 3. The van der Waals surface area contributed by atoms with Crippen LogP contribution in [0.3, 0.4) is 0 Å². The lowest BCUT2D eigenvalue weighted by Gasteiger charge is -2.29. The minimum Gasteiger partial charge on any atom is -0.398 e. The van der Waals surface area contributed by atoms with Crippen molar-refractivity contribution >= 4 is 16.5 Å². The van der Waals surface area contributed by atoms with Crippen molar-refractivity contribution in [2.24, 2.45) is 5.73 Å². The van der Waals surface area contributed by atoms with Crippen LogP contribution in [0.25, 0.3) is 10.8 Å². The number of rotatable bonds is 5. The van der Waals surface area contributed by atoms with Gasteiger partial charge in [0.2, 0.25) is 0 Å². The summed E-state index contributed by atoms with van der Waals surface area (Å²) in [6.45, 7) is 2.95. The molecule has 1 aliphatic rings. The predicted molar refractivity (Wildman–Crippen MR) is 111 cm³/mol. The second-order valence-electron chi connectivity index (χ2n) is 7.61. The van der Waals surface area contributed by atoms with Gasteiger partial charge < -0.3 is 16.6 Å². The van der Waals surface area contributed by atoms with Gasteiger partial charge in [0.15, 0.2) is 0 Å². The SMILES string of the molecule is Nc1cccc2c1CCN(Cc1ccc3cc(CC(N)CO)ccc3c1)C2. The molecular formula is C23H27N3O. The van der Waals surface area contributed by atoms with E-state index in [-0.39, 0.29) is 12.6 Å². The number of fused-ring (bicyclic) bond motifs is 2. The summed E-state index contributed by atoms with van der Waals surface area (Å²) in [6.07, 6.45) is 1.72. The highest BCUT2D eigenvalue weighted by molar-refractivity contribution is 5.83. The van der Waals surface area contributed by atoms with Crippen molar-refractivity contribution in [3.63, 3.8) is 0 Å². The Morgan fingerprint density at radius 3 is 2.52 bits per heavy atom. The molecule has 140 valence electrons. The van der Waals surface area contributed by atoms with E-state index in [0.717, 1.165) is 31.7 Å². The standard InChI is InChI=1S/C23H27N3O/c24-21(15-27)12-16-4-6-19-11-17(5-7-18(19)10-16)13-26-9-8-22-20(14-26)2-1-3-23(22)25/h1-7,10-11,21,27H,8-9,12-15,24-25H2. The largest absolute Gasteiger partial charge is 0.398 e. The summed E-state index contributed by atoms with van der Waals surface area (Å²) in [6, 6.07) is 19.2. The average molecular weight is 361 g/mol. The van der Waals surface area contributed by atoms with Crippen LogP contribution in [-0.2, 0) is 25.9 Å². The minimum atomic E-state index is -0.197. The van der Waals surface area contributed by atoms with Gasteiger partial charge in [-0.25, -0.2) is 0 Å². The second-order valence-corrected chi connectivity index (χ2v) is 7.61. The number of aliphatic hydroxyl groups excluding tert-OH is 1. The van der Waals surface area contributed by atoms with Crippen LogP contribution in [0.2, 0.25) is 0 Å². The molecule has 27 heavy (non-hydrogen) atoms. The monoisotopic (exact) mass is 361 g/mol. The zero-order valence-corrected chi connectivity index (χ0v) is 15.6. The molecule has 0 aliphatic carbocycles. The zero-order valence-electron chi connectivity index (χ0n) is 15.6. The van der Waals surface area contributed by atoms with E-state index < -0.39 is 0 Å². The molecule has 3 aromatic rings. The Balaban J connectivity index is 1.49. The van der Waals surface area contributed by atoms with E-state index >= 15 is 0 Å². The molecule has 4 heteroatoms. The van der Waals surface area contributed by atoms with E-state index in [9.17, 15) is 0 Å². The summed E-state index contributed by atoms with van der Waals surface area (Å²) in [5.41, 5.74) is 18.1. The van der Waals surface area contributed by atoms with Crippen molar-refractivity contribution in [2.75, 3.05) is 18.9 Å². The first-order valence-electron chi connectivity index (χ1n) is 9.59. The Hall–Kier alpha value is -2.40. The van der Waals surface area contributed by atoms with Crippen molar-refractivity contribution in [3.8, 4) is 0 Å². The van der Waals surface area contributed by atoms with Gasteiger partial charge in [-0.3, -0.25) is 4.90 Å². The first-order chi connectivity index (χ1) is 13.1. The Kier molecular flexibility index (Phi) is 5.12. The fraction of sp³-hybridized carbons (Fsp3) is 0.304. The molecule has 5 N–H and O–H groups in total. The second kappa shape index (κ2) is 7.69. The van der Waals surface area contributed by atoms with Crippen LogP contribution < -0.4 is 11.5 Å². The van der Waals surface area contributed by atoms with Crippen molar-refractivity contribution in [3.05, 3.63) is 76.9 Å². The summed E-state index contributed by atoms with van der Waals surface area (Å²) < 4.78 is 0. The molecule has 1 atom stereocenters. The average Bonchev–Trinajstić information content (AvgIpc) is 2.68. The molecule has 0 aromatic heterocycles. The molecule has 0 saturated heterocycles. The molecule has 0 radical (unpaired) electrons. The Morgan fingerprint density at radius 1 is 1.00 bits per heavy atom. The molecule has 0 spiro atoms. The lowest BCUT2D eigenvalue weighted by Crippen LogP contribution is -2.30. The van der Waals surface area contributed by atoms with Gasteiger partial charge in [0, 0.05) is 31.4 Å². The van der Waals surface area contributed by atoms with Crippen LogP contribution in [0.1, 0.15) is 22.3 Å². The Bertz CT molecular complexity index is 954. The molecule has 4 rings (SSSR count). The van der Waals surface area contributed by atoms with Crippen LogP contribution in [0.15, 0.2) is 54.6 Å². The smallest absolute Gasteiger partial charge is 0.0585 e. The number of nitrogen functional groups attached to an aromatic ring is 1. The molecule has 1 heterocycles. The van der Waals surface area contributed by atoms with Crippen LogP contribution in [0, 0.1) is 0 Å². The van der Waals surface area contributed by atoms with Crippen LogP contribution in [0.5, 0.6) is 0 Å². The highest BCUT2D eigenvalue weighted by atomic mass is 16.3. The maximum Gasteiger partial charge on any atom is 0.0585 e. The maximum atomic E-state index is 9.14. The number of aliphatic hydroxyl groups is 1. The van der Waals surface area contributed by atoms with Crippen molar-refractivity contribution in [1.29, 1.82) is 0 Å². The van der Waals surface area contributed by atoms with Crippen molar-refractivity contribution < 1.29 is 5.11 Å². The van der Waals surface area contributed by atoms with E-state index in [4.69, 9.17) is 16.6 Å². The number of hydrogen-bond acceptors (Lipinski definition) is 4. The quantitative estimate of drug-likeness (QED) is 0.611. The van der Waals surface area contributed by atoms with Crippen LogP contribution in [-0.4, -0.2) is 29.2 Å². The van der Waals surface area contributed by atoms with E-state index in [1.165, 1.54) is 33.0 Å². The fourth-order valence-electron chi connectivity index (χ4n) is 4.03. The van der Waals surface area contributed by atoms with Gasteiger partial charge >= 0.3 is 0 Å². The van der Waals surface area contributed by atoms with Crippen LogP contribution >= 0.6 is 0 Å². The lowest BCUT2D eigenvalue weighted by molar-refractivity contribution is 0.246. The van der Waals surface area contributed by atoms with E-state index in [0.29, 0.717) is 6.42 Å². The maximum absolute atomic E-state index is 9.14. The number of nitrogens with two attached hydrogens (primary N) is 2. The third-order valence-electron chi connectivity index (χ3n) is 5.49. The van der Waals surface area contributed by atoms with Crippen molar-refractivity contribution in [1.82, 2.24) is 4.90 Å². The molecule has 0 bridgehead atoms. The molecule has 4 nitrogen and oxygen atoms in total. The van der Waals surface area contributed by atoms with Crippen molar-refractivity contribution in [2.45, 2.75) is 32.0 Å². The number of nitrogens with zero attached hydrogens (tertiary/aromatic N) is 1. The normalized spacial score (nSPS) is 15.6. The van der Waals surface area contributed by atoms with Gasteiger partial charge in [0.1, 0.15) is 0 Å². The molecule has 1 aliphatic heterocycles. The molecular weight excluding hydrogens is 334 g/mol. The molecule has 0 saturated carbocycles. The zero-order chi connectivity index (χ0) is 18.8. The summed E-state index contributed by atoms with van der Waals surface area (Å²) in [5.74, 6) is 0. The summed E-state index contributed by atoms with van der Waals surface area (Å²) in [4.78, 5) is 2.48. The predicted octanol–water partition coefficient (Wildman–Crippen LogP) is 2.84. The lowest BCUT2D eigenvalue weighted by atomic mass is 9.97. The van der Waals surface area contributed by atoms with Gasteiger partial charge in [-0.2, -0.15) is 0 Å². The summed E-state index contributed by atoms with van der Waals surface area (Å²) >= 11 is 0. The van der Waals surface area contributed by atoms with Crippen LogP contribution in [0.4, 0.5) is 5.69 Å². The molecule has 0 amide bonds. The van der Waals surface area contributed by atoms with Gasteiger partial charge in [-0.05, 0) is 58.0 Å². The fourth-order valence-corrected chi connectivity index (χ4v) is 4.03. The minimum absolute atomic E-state index is 0.0155. The molecule has 1 unspecified atom stereocenters. The van der Waals surface area contributed by atoms with E-state index in [1.807, 2.05) is 12.1 Å². The molecule has 3 aromatic carbocycles.